The van der Waals surface area contributed by atoms with E-state index in [0.29, 0.717) is 11.3 Å². The van der Waals surface area contributed by atoms with E-state index in [0.717, 1.165) is 32.4 Å². The van der Waals surface area contributed by atoms with Crippen molar-refractivity contribution in [2.45, 2.75) is 31.7 Å². The fourth-order valence-corrected chi connectivity index (χ4v) is 2.90. The zero-order valence-corrected chi connectivity index (χ0v) is 12.3. The lowest BCUT2D eigenvalue weighted by Gasteiger charge is -2.28. The van der Waals surface area contributed by atoms with Crippen LogP contribution in [-0.4, -0.2) is 41.8 Å². The lowest BCUT2D eigenvalue weighted by atomic mass is 10.1. The average molecular weight is 301 g/mol. The van der Waals surface area contributed by atoms with Crippen molar-refractivity contribution in [2.75, 3.05) is 18.4 Å². The first-order chi connectivity index (χ1) is 10.6. The molecule has 3 amide bonds. The van der Waals surface area contributed by atoms with Crippen molar-refractivity contribution >= 4 is 23.4 Å². The van der Waals surface area contributed by atoms with Crippen LogP contribution in [0.2, 0.25) is 0 Å². The van der Waals surface area contributed by atoms with Crippen LogP contribution in [0.25, 0.3) is 0 Å². The van der Waals surface area contributed by atoms with E-state index in [2.05, 4.69) is 10.6 Å². The summed E-state index contributed by atoms with van der Waals surface area (Å²) in [6.45, 7) is 1.47. The van der Waals surface area contributed by atoms with Gasteiger partial charge in [-0.15, -0.1) is 0 Å². The fourth-order valence-electron chi connectivity index (χ4n) is 2.90. The molecule has 0 aliphatic carbocycles. The highest BCUT2D eigenvalue weighted by atomic mass is 16.2. The molecule has 116 valence electrons. The molecule has 2 N–H and O–H groups in total. The molecular weight excluding hydrogens is 282 g/mol. The smallest absolute Gasteiger partial charge is 0.254 e. The number of rotatable bonds is 2. The highest BCUT2D eigenvalue weighted by molar-refractivity contribution is 6.10. The van der Waals surface area contributed by atoms with E-state index in [4.69, 9.17) is 0 Å². The van der Waals surface area contributed by atoms with Crippen LogP contribution in [0.4, 0.5) is 5.69 Å². The fraction of sp³-hybridized carbons (Fsp3) is 0.438. The maximum atomic E-state index is 12.3. The van der Waals surface area contributed by atoms with Crippen molar-refractivity contribution < 1.29 is 14.4 Å². The predicted octanol–water partition coefficient (Wildman–Crippen LogP) is 1.14. The number of nitrogens with zero attached hydrogens (tertiary/aromatic N) is 1. The second-order valence-electron chi connectivity index (χ2n) is 5.71. The Hall–Kier alpha value is -2.37. The minimum Gasteiger partial charge on any atom is -0.343 e. The molecule has 6 heteroatoms. The third-order valence-corrected chi connectivity index (χ3v) is 4.14. The quantitative estimate of drug-likeness (QED) is 0.860. The van der Waals surface area contributed by atoms with Crippen molar-refractivity contribution in [1.29, 1.82) is 0 Å². The first kappa shape index (κ1) is 14.6. The van der Waals surface area contributed by atoms with Crippen LogP contribution < -0.4 is 10.6 Å². The van der Waals surface area contributed by atoms with Crippen LogP contribution in [0.3, 0.4) is 0 Å². The number of likely N-dealkylation sites (tertiary alicyclic amines) is 1. The molecule has 6 nitrogen and oxygen atoms in total. The Kier molecular flexibility index (Phi) is 4.09. The summed E-state index contributed by atoms with van der Waals surface area (Å²) in [7, 11) is 0. The van der Waals surface area contributed by atoms with Crippen molar-refractivity contribution in [1.82, 2.24) is 10.2 Å². The normalized spacial score (nSPS) is 21.5. The van der Waals surface area contributed by atoms with Gasteiger partial charge in [-0.05, 0) is 31.4 Å². The number of carbonyl (C=O) groups is 3. The molecule has 22 heavy (non-hydrogen) atoms. The molecule has 1 atom stereocenters. The maximum absolute atomic E-state index is 12.3. The van der Waals surface area contributed by atoms with E-state index in [1.54, 1.807) is 29.2 Å². The Morgan fingerprint density at radius 2 is 1.86 bits per heavy atom. The van der Waals surface area contributed by atoms with E-state index in [-0.39, 0.29) is 24.1 Å². The van der Waals surface area contributed by atoms with Gasteiger partial charge in [-0.25, -0.2) is 0 Å². The van der Waals surface area contributed by atoms with Gasteiger partial charge in [-0.1, -0.05) is 12.1 Å². The Bertz CT molecular complexity index is 608. The van der Waals surface area contributed by atoms with Crippen molar-refractivity contribution in [2.24, 2.45) is 0 Å². The largest absolute Gasteiger partial charge is 0.343 e. The van der Waals surface area contributed by atoms with E-state index < -0.39 is 6.04 Å². The summed E-state index contributed by atoms with van der Waals surface area (Å²) >= 11 is 0. The van der Waals surface area contributed by atoms with Gasteiger partial charge in [0.2, 0.25) is 11.8 Å². The second kappa shape index (κ2) is 6.17. The first-order valence-corrected chi connectivity index (χ1v) is 7.63. The number of nitrogens with one attached hydrogen (secondary N) is 2. The molecule has 2 aliphatic rings. The van der Waals surface area contributed by atoms with Gasteiger partial charge >= 0.3 is 0 Å². The Morgan fingerprint density at radius 1 is 1.14 bits per heavy atom. The summed E-state index contributed by atoms with van der Waals surface area (Å²) in [6.07, 6.45) is 3.14. The van der Waals surface area contributed by atoms with Crippen molar-refractivity contribution in [3.05, 3.63) is 29.8 Å². The van der Waals surface area contributed by atoms with Crippen LogP contribution in [0.1, 0.15) is 36.0 Å². The molecule has 0 bridgehead atoms. The molecule has 2 aliphatic heterocycles. The monoisotopic (exact) mass is 301 g/mol. The summed E-state index contributed by atoms with van der Waals surface area (Å²) in [4.78, 5) is 38.5. The topological polar surface area (TPSA) is 78.5 Å². The van der Waals surface area contributed by atoms with Gasteiger partial charge in [-0.2, -0.15) is 0 Å². The second-order valence-corrected chi connectivity index (χ2v) is 5.71. The van der Waals surface area contributed by atoms with Gasteiger partial charge in [0.05, 0.1) is 17.7 Å². The number of piperidine rings is 1. The lowest BCUT2D eigenvalue weighted by molar-refractivity contribution is -0.134. The molecule has 2 heterocycles. The van der Waals surface area contributed by atoms with Gasteiger partial charge in [0.1, 0.15) is 6.04 Å². The predicted molar refractivity (Wildman–Crippen MR) is 81.4 cm³/mol. The molecule has 0 radical (unpaired) electrons. The third-order valence-electron chi connectivity index (χ3n) is 4.14. The Labute approximate surface area is 128 Å². The number of hydrogen-bond donors (Lipinski definition) is 2. The number of anilines is 1. The summed E-state index contributed by atoms with van der Waals surface area (Å²) in [5.74, 6) is -0.750. The molecule has 1 aromatic carbocycles. The SMILES string of the molecule is O=C1NC(CC(=O)N2CCCCC2)C(=O)Nc2ccccc21. The molecule has 0 aromatic heterocycles. The van der Waals surface area contributed by atoms with E-state index in [1.165, 1.54) is 0 Å². The average Bonchev–Trinajstić information content (AvgIpc) is 2.66. The summed E-state index contributed by atoms with van der Waals surface area (Å²) in [6, 6.07) is 6.01. The van der Waals surface area contributed by atoms with Crippen LogP contribution in [0, 0.1) is 0 Å². The number of hydrogen-bond acceptors (Lipinski definition) is 3. The molecule has 3 rings (SSSR count). The molecular formula is C16H19N3O3. The number of fused-ring (bicyclic) bond motifs is 1. The zero-order chi connectivity index (χ0) is 15.5. The number of amides is 3. The first-order valence-electron chi connectivity index (χ1n) is 7.63. The van der Waals surface area contributed by atoms with Gasteiger partial charge in [0.25, 0.3) is 5.91 Å². The molecule has 1 unspecified atom stereocenters. The summed E-state index contributed by atoms with van der Waals surface area (Å²) < 4.78 is 0. The van der Waals surface area contributed by atoms with Crippen LogP contribution in [0.15, 0.2) is 24.3 Å². The molecule has 0 spiro atoms. The molecule has 1 saturated heterocycles. The Balaban J connectivity index is 1.71. The third kappa shape index (κ3) is 2.95. The van der Waals surface area contributed by atoms with Crippen molar-refractivity contribution in [3.63, 3.8) is 0 Å². The molecule has 1 aromatic rings. The number of para-hydroxylation sites is 1. The standard InChI is InChI=1S/C16H19N3O3/c20-14(19-8-4-1-5-9-19)10-13-16(22)17-12-7-3-2-6-11(12)15(21)18-13/h2-3,6-7,13H,1,4-5,8-10H2,(H,17,22)(H,18,21). The van der Waals surface area contributed by atoms with Gasteiger partial charge in [-0.3, -0.25) is 14.4 Å². The van der Waals surface area contributed by atoms with Crippen LogP contribution in [0.5, 0.6) is 0 Å². The molecule has 1 fully saturated rings. The minimum absolute atomic E-state index is 0.00552. The van der Waals surface area contributed by atoms with Gasteiger partial charge < -0.3 is 15.5 Å². The molecule has 0 saturated carbocycles. The highest BCUT2D eigenvalue weighted by Gasteiger charge is 2.30. The lowest BCUT2D eigenvalue weighted by Crippen LogP contribution is -2.46. The Morgan fingerprint density at radius 3 is 2.64 bits per heavy atom. The maximum Gasteiger partial charge on any atom is 0.254 e. The number of benzene rings is 1. The van der Waals surface area contributed by atoms with Crippen LogP contribution in [-0.2, 0) is 9.59 Å². The number of carbonyl (C=O) groups excluding carboxylic acids is 3. The van der Waals surface area contributed by atoms with E-state index in [1.807, 2.05) is 0 Å². The van der Waals surface area contributed by atoms with E-state index >= 15 is 0 Å². The summed E-state index contributed by atoms with van der Waals surface area (Å²) in [5, 5.41) is 5.37. The highest BCUT2D eigenvalue weighted by Crippen LogP contribution is 2.19. The van der Waals surface area contributed by atoms with Crippen molar-refractivity contribution in [3.8, 4) is 0 Å². The van der Waals surface area contributed by atoms with Gasteiger partial charge in [0, 0.05) is 13.1 Å². The minimum atomic E-state index is -0.825. The zero-order valence-electron chi connectivity index (χ0n) is 12.3. The van der Waals surface area contributed by atoms with E-state index in [9.17, 15) is 14.4 Å². The van der Waals surface area contributed by atoms with Crippen LogP contribution >= 0.6 is 0 Å². The summed E-state index contributed by atoms with van der Waals surface area (Å²) in [5.41, 5.74) is 0.904. The van der Waals surface area contributed by atoms with Gasteiger partial charge in [0.15, 0.2) is 0 Å².